The lowest BCUT2D eigenvalue weighted by Crippen LogP contribution is -1.89. The Labute approximate surface area is 87.6 Å². The van der Waals surface area contributed by atoms with Gasteiger partial charge in [0, 0.05) is 11.7 Å². The van der Waals surface area contributed by atoms with Gasteiger partial charge in [-0.25, -0.2) is 0 Å². The number of hydrogen-bond acceptors (Lipinski definition) is 3. The number of carbonyl (C=O) groups excluding carboxylic acids is 1. The maximum Gasteiger partial charge on any atom is 0.189 e. The molecule has 1 aliphatic rings. The molecule has 1 atom stereocenters. The van der Waals surface area contributed by atoms with Gasteiger partial charge in [-0.1, -0.05) is 23.9 Å². The Balaban J connectivity index is 2.13. The van der Waals surface area contributed by atoms with Crippen molar-refractivity contribution in [2.24, 2.45) is 0 Å². The summed E-state index contributed by atoms with van der Waals surface area (Å²) < 4.78 is 5.08. The third kappa shape index (κ3) is 1.93. The Morgan fingerprint density at radius 1 is 1.36 bits per heavy atom. The van der Waals surface area contributed by atoms with E-state index < -0.39 is 0 Å². The van der Waals surface area contributed by atoms with Crippen molar-refractivity contribution in [3.8, 4) is 5.75 Å². The lowest BCUT2D eigenvalue weighted by Gasteiger charge is -2.08. The molecule has 74 valence electrons. The Bertz CT molecular complexity index is 332. The van der Waals surface area contributed by atoms with Crippen molar-refractivity contribution >= 4 is 16.9 Å². The van der Waals surface area contributed by atoms with Gasteiger partial charge in [-0.3, -0.25) is 4.79 Å². The van der Waals surface area contributed by atoms with Gasteiger partial charge in [0.1, 0.15) is 5.75 Å². The van der Waals surface area contributed by atoms with Crippen LogP contribution >= 0.6 is 11.8 Å². The molecule has 14 heavy (non-hydrogen) atoms. The summed E-state index contributed by atoms with van der Waals surface area (Å²) in [6.45, 7) is 0. The van der Waals surface area contributed by atoms with Gasteiger partial charge < -0.3 is 4.74 Å². The van der Waals surface area contributed by atoms with Crippen LogP contribution in [0.3, 0.4) is 0 Å². The fraction of sp³-hybridized carbons (Fsp3) is 0.364. The molecule has 0 saturated carbocycles. The summed E-state index contributed by atoms with van der Waals surface area (Å²) >= 11 is 1.45. The highest BCUT2D eigenvalue weighted by molar-refractivity contribution is 8.14. The number of methoxy groups -OCH3 is 1. The summed E-state index contributed by atoms with van der Waals surface area (Å²) in [4.78, 5) is 11.1. The maximum absolute atomic E-state index is 11.1. The summed E-state index contributed by atoms with van der Waals surface area (Å²) in [5.74, 6) is 0.864. The second kappa shape index (κ2) is 4.05. The molecule has 1 aromatic carbocycles. The summed E-state index contributed by atoms with van der Waals surface area (Å²) in [6, 6.07) is 7.96. The zero-order valence-corrected chi connectivity index (χ0v) is 8.84. The Hall–Kier alpha value is -0.960. The minimum Gasteiger partial charge on any atom is -0.497 e. The SMILES string of the molecule is COc1ccc(C2CCC(=O)S2)cc1. The van der Waals surface area contributed by atoms with Gasteiger partial charge in [0.2, 0.25) is 0 Å². The van der Waals surface area contributed by atoms with Crippen LogP contribution in [0.25, 0.3) is 0 Å². The molecule has 3 heteroatoms. The lowest BCUT2D eigenvalue weighted by atomic mass is 10.1. The summed E-state index contributed by atoms with van der Waals surface area (Å²) in [6.07, 6.45) is 1.68. The van der Waals surface area contributed by atoms with Gasteiger partial charge in [0.05, 0.1) is 7.11 Å². The second-order valence-electron chi connectivity index (χ2n) is 3.29. The van der Waals surface area contributed by atoms with Gasteiger partial charge in [-0.05, 0) is 24.1 Å². The Kier molecular flexibility index (Phi) is 2.77. The van der Waals surface area contributed by atoms with E-state index in [4.69, 9.17) is 4.74 Å². The minimum absolute atomic E-state index is 0.311. The smallest absolute Gasteiger partial charge is 0.189 e. The first-order valence-electron chi connectivity index (χ1n) is 4.63. The number of rotatable bonds is 2. The molecular formula is C11H12O2S. The van der Waals surface area contributed by atoms with Crippen LogP contribution < -0.4 is 4.74 Å². The maximum atomic E-state index is 11.1. The molecule has 0 aliphatic carbocycles. The lowest BCUT2D eigenvalue weighted by molar-refractivity contribution is -0.110. The number of hydrogen-bond donors (Lipinski definition) is 0. The first kappa shape index (κ1) is 9.59. The highest BCUT2D eigenvalue weighted by Gasteiger charge is 2.24. The van der Waals surface area contributed by atoms with E-state index in [9.17, 15) is 4.79 Å². The second-order valence-corrected chi connectivity index (χ2v) is 4.55. The van der Waals surface area contributed by atoms with Crippen molar-refractivity contribution in [1.29, 1.82) is 0 Å². The molecule has 0 radical (unpaired) electrons. The molecule has 0 amide bonds. The molecule has 2 nitrogen and oxygen atoms in total. The van der Waals surface area contributed by atoms with Gasteiger partial charge >= 0.3 is 0 Å². The van der Waals surface area contributed by atoms with Crippen molar-refractivity contribution in [2.45, 2.75) is 18.1 Å². The molecule has 1 saturated heterocycles. The van der Waals surface area contributed by atoms with Crippen LogP contribution in [0, 0.1) is 0 Å². The number of ether oxygens (including phenoxy) is 1. The minimum atomic E-state index is 0.311. The largest absolute Gasteiger partial charge is 0.497 e. The zero-order valence-electron chi connectivity index (χ0n) is 8.03. The molecule has 0 spiro atoms. The molecule has 1 fully saturated rings. The fourth-order valence-corrected chi connectivity index (χ4v) is 2.66. The topological polar surface area (TPSA) is 26.3 Å². The van der Waals surface area contributed by atoms with Gasteiger partial charge in [-0.2, -0.15) is 0 Å². The van der Waals surface area contributed by atoms with Crippen LogP contribution in [0.4, 0.5) is 0 Å². The molecule has 1 aliphatic heterocycles. The summed E-state index contributed by atoms with van der Waals surface area (Å²) in [7, 11) is 1.66. The third-order valence-corrected chi connectivity index (χ3v) is 3.63. The first-order chi connectivity index (χ1) is 6.79. The number of benzene rings is 1. The van der Waals surface area contributed by atoms with E-state index in [1.807, 2.05) is 24.3 Å². The zero-order chi connectivity index (χ0) is 9.97. The van der Waals surface area contributed by atoms with E-state index in [1.165, 1.54) is 17.3 Å². The highest BCUT2D eigenvalue weighted by atomic mass is 32.2. The summed E-state index contributed by atoms with van der Waals surface area (Å²) in [5.41, 5.74) is 1.22. The van der Waals surface area contributed by atoms with Crippen LogP contribution in [-0.4, -0.2) is 12.2 Å². The Morgan fingerprint density at radius 2 is 2.07 bits per heavy atom. The van der Waals surface area contributed by atoms with E-state index in [2.05, 4.69) is 0 Å². The quantitative estimate of drug-likeness (QED) is 0.747. The molecule has 2 rings (SSSR count). The molecule has 1 heterocycles. The van der Waals surface area contributed by atoms with Crippen molar-refractivity contribution in [3.05, 3.63) is 29.8 Å². The third-order valence-electron chi connectivity index (χ3n) is 2.37. The highest BCUT2D eigenvalue weighted by Crippen LogP contribution is 2.41. The van der Waals surface area contributed by atoms with Crippen molar-refractivity contribution < 1.29 is 9.53 Å². The fourth-order valence-electron chi connectivity index (χ4n) is 1.58. The van der Waals surface area contributed by atoms with E-state index in [0.717, 1.165) is 12.2 Å². The van der Waals surface area contributed by atoms with E-state index >= 15 is 0 Å². The van der Waals surface area contributed by atoms with Crippen LogP contribution in [0.5, 0.6) is 5.75 Å². The van der Waals surface area contributed by atoms with Gasteiger partial charge in [0.25, 0.3) is 0 Å². The van der Waals surface area contributed by atoms with Crippen LogP contribution in [-0.2, 0) is 4.79 Å². The van der Waals surface area contributed by atoms with Crippen LogP contribution in [0.2, 0.25) is 0 Å². The molecule has 0 aromatic heterocycles. The van der Waals surface area contributed by atoms with Crippen LogP contribution in [0.15, 0.2) is 24.3 Å². The first-order valence-corrected chi connectivity index (χ1v) is 5.51. The normalized spacial score (nSPS) is 21.2. The molecular weight excluding hydrogens is 196 g/mol. The van der Waals surface area contributed by atoms with E-state index in [-0.39, 0.29) is 0 Å². The van der Waals surface area contributed by atoms with E-state index in [0.29, 0.717) is 16.8 Å². The van der Waals surface area contributed by atoms with Crippen molar-refractivity contribution in [1.82, 2.24) is 0 Å². The van der Waals surface area contributed by atoms with Gasteiger partial charge in [-0.15, -0.1) is 0 Å². The predicted octanol–water partition coefficient (Wildman–Crippen LogP) is 2.79. The molecule has 1 aromatic rings. The van der Waals surface area contributed by atoms with Gasteiger partial charge in [0.15, 0.2) is 5.12 Å². The molecule has 1 unspecified atom stereocenters. The van der Waals surface area contributed by atoms with Crippen LogP contribution in [0.1, 0.15) is 23.7 Å². The van der Waals surface area contributed by atoms with Crippen molar-refractivity contribution in [3.63, 3.8) is 0 Å². The monoisotopic (exact) mass is 208 g/mol. The average molecular weight is 208 g/mol. The Morgan fingerprint density at radius 3 is 2.57 bits per heavy atom. The standard InChI is InChI=1S/C11H12O2S/c1-13-9-4-2-8(3-5-9)10-6-7-11(12)14-10/h2-5,10H,6-7H2,1H3. The van der Waals surface area contributed by atoms with E-state index in [1.54, 1.807) is 7.11 Å². The average Bonchev–Trinajstić information content (AvgIpc) is 2.65. The number of thioether (sulfide) groups is 1. The summed E-state index contributed by atoms with van der Waals surface area (Å²) in [5, 5.41) is 0.666. The van der Waals surface area contributed by atoms with Crippen molar-refractivity contribution in [2.75, 3.05) is 7.11 Å². The molecule has 0 bridgehead atoms. The molecule has 0 N–H and O–H groups in total. The number of carbonyl (C=O) groups is 1. The predicted molar refractivity (Wildman–Crippen MR) is 57.6 cm³/mol.